The first-order valence-electron chi connectivity index (χ1n) is 8.06. The number of carbonyl (C=O) groups is 1. The molecule has 5 heteroatoms. The lowest BCUT2D eigenvalue weighted by molar-refractivity contribution is -0.141. The maximum atomic E-state index is 11.3. The van der Waals surface area contributed by atoms with Gasteiger partial charge in [-0.3, -0.25) is 4.79 Å². The summed E-state index contributed by atoms with van der Waals surface area (Å²) in [5.74, 6) is 0.437. The van der Waals surface area contributed by atoms with Crippen molar-refractivity contribution in [3.05, 3.63) is 0 Å². The maximum absolute atomic E-state index is 11.3. The van der Waals surface area contributed by atoms with Gasteiger partial charge in [0, 0.05) is 45.2 Å². The molecule has 5 nitrogen and oxygen atoms in total. The lowest BCUT2D eigenvalue weighted by Gasteiger charge is -2.39. The van der Waals surface area contributed by atoms with E-state index in [4.69, 9.17) is 10.5 Å². The van der Waals surface area contributed by atoms with Crippen LogP contribution in [-0.4, -0.2) is 56.7 Å². The molecule has 1 heterocycles. The van der Waals surface area contributed by atoms with Gasteiger partial charge in [-0.05, 0) is 24.2 Å². The Kier molecular flexibility index (Phi) is 7.63. The van der Waals surface area contributed by atoms with Crippen LogP contribution in [0.5, 0.6) is 0 Å². The van der Waals surface area contributed by atoms with Gasteiger partial charge in [0.05, 0.1) is 7.11 Å². The Morgan fingerprint density at radius 2 is 2.10 bits per heavy atom. The van der Waals surface area contributed by atoms with Gasteiger partial charge in [-0.1, -0.05) is 20.8 Å². The molecule has 0 aromatic heterocycles. The number of ether oxygens (including phenoxy) is 1. The van der Waals surface area contributed by atoms with E-state index >= 15 is 0 Å². The molecule has 0 saturated carbocycles. The number of nitrogens with zero attached hydrogens (tertiary/aromatic N) is 1. The molecule has 0 bridgehead atoms. The molecule has 1 fully saturated rings. The van der Waals surface area contributed by atoms with Crippen molar-refractivity contribution in [2.24, 2.45) is 17.1 Å². The summed E-state index contributed by atoms with van der Waals surface area (Å²) in [6, 6.07) is 0.493. The Bertz CT molecular complexity index is 315. The van der Waals surface area contributed by atoms with Gasteiger partial charge < -0.3 is 20.7 Å². The molecular weight excluding hydrogens is 266 g/mol. The fraction of sp³-hybridized carbons (Fsp3) is 0.938. The van der Waals surface area contributed by atoms with Crippen molar-refractivity contribution < 1.29 is 9.53 Å². The molecule has 0 amide bonds. The van der Waals surface area contributed by atoms with Crippen LogP contribution in [0.4, 0.5) is 0 Å². The minimum Gasteiger partial charge on any atom is -0.469 e. The smallest absolute Gasteiger partial charge is 0.305 e. The minimum atomic E-state index is -0.106. The number of methoxy groups -OCH3 is 1. The summed E-state index contributed by atoms with van der Waals surface area (Å²) in [6.45, 7) is 11.5. The van der Waals surface area contributed by atoms with E-state index < -0.39 is 0 Å². The van der Waals surface area contributed by atoms with Crippen LogP contribution >= 0.6 is 0 Å². The highest BCUT2D eigenvalue weighted by atomic mass is 16.5. The zero-order valence-corrected chi connectivity index (χ0v) is 14.2. The minimum absolute atomic E-state index is 0.106. The Morgan fingerprint density at radius 1 is 1.38 bits per heavy atom. The van der Waals surface area contributed by atoms with Gasteiger partial charge in [-0.15, -0.1) is 0 Å². The van der Waals surface area contributed by atoms with Crippen LogP contribution in [0.2, 0.25) is 0 Å². The molecule has 0 spiro atoms. The van der Waals surface area contributed by atoms with Crippen molar-refractivity contribution in [1.82, 2.24) is 10.2 Å². The Morgan fingerprint density at radius 3 is 2.67 bits per heavy atom. The molecule has 1 aliphatic heterocycles. The summed E-state index contributed by atoms with van der Waals surface area (Å²) >= 11 is 0. The van der Waals surface area contributed by atoms with Crippen molar-refractivity contribution in [3.8, 4) is 0 Å². The Labute approximate surface area is 129 Å². The molecule has 1 saturated heterocycles. The van der Waals surface area contributed by atoms with E-state index in [-0.39, 0.29) is 11.4 Å². The number of carbonyl (C=O) groups excluding carboxylic acids is 1. The molecular formula is C16H33N3O2. The SMILES string of the molecule is COC(=O)CCC1CC(NCC(C)(C)C)CN(CCN)C1. The first-order valence-corrected chi connectivity index (χ1v) is 8.06. The highest BCUT2D eigenvalue weighted by molar-refractivity contribution is 5.69. The molecule has 1 aliphatic rings. The molecule has 1 rings (SSSR count). The normalized spacial score (nSPS) is 24.0. The third-order valence-corrected chi connectivity index (χ3v) is 3.96. The number of piperidine rings is 1. The van der Waals surface area contributed by atoms with Gasteiger partial charge in [0.1, 0.15) is 0 Å². The lowest BCUT2D eigenvalue weighted by atomic mass is 9.89. The molecule has 0 aliphatic carbocycles. The van der Waals surface area contributed by atoms with Gasteiger partial charge in [-0.25, -0.2) is 0 Å². The Balaban J connectivity index is 2.49. The zero-order chi connectivity index (χ0) is 15.9. The van der Waals surface area contributed by atoms with Crippen LogP contribution in [-0.2, 0) is 9.53 Å². The third kappa shape index (κ3) is 7.79. The number of rotatable bonds is 7. The number of likely N-dealkylation sites (tertiary alicyclic amines) is 1. The number of hydrogen-bond donors (Lipinski definition) is 2. The molecule has 3 N–H and O–H groups in total. The summed E-state index contributed by atoms with van der Waals surface area (Å²) in [5, 5.41) is 3.68. The molecule has 2 atom stereocenters. The highest BCUT2D eigenvalue weighted by Crippen LogP contribution is 2.22. The summed E-state index contributed by atoms with van der Waals surface area (Å²) < 4.78 is 4.75. The molecule has 2 unspecified atom stereocenters. The number of nitrogens with two attached hydrogens (primary N) is 1. The largest absolute Gasteiger partial charge is 0.469 e. The predicted molar refractivity (Wildman–Crippen MR) is 86.1 cm³/mol. The van der Waals surface area contributed by atoms with Crippen molar-refractivity contribution in [2.45, 2.75) is 46.1 Å². The number of esters is 1. The van der Waals surface area contributed by atoms with E-state index in [1.807, 2.05) is 0 Å². The molecule has 124 valence electrons. The van der Waals surface area contributed by atoms with Crippen molar-refractivity contribution >= 4 is 5.97 Å². The van der Waals surface area contributed by atoms with Gasteiger partial charge in [0.2, 0.25) is 0 Å². The van der Waals surface area contributed by atoms with Crippen LogP contribution in [0.25, 0.3) is 0 Å². The summed E-state index contributed by atoms with van der Waals surface area (Å²) in [6.07, 6.45) is 2.55. The molecule has 0 radical (unpaired) electrons. The standard InChI is InChI=1S/C16H33N3O2/c1-16(2,3)12-18-14-9-13(5-6-15(20)21-4)10-19(11-14)8-7-17/h13-14,18H,5-12,17H2,1-4H3. The van der Waals surface area contributed by atoms with E-state index in [0.29, 0.717) is 24.9 Å². The second-order valence-electron chi connectivity index (χ2n) is 7.40. The van der Waals surface area contributed by atoms with Crippen LogP contribution in [0, 0.1) is 11.3 Å². The van der Waals surface area contributed by atoms with E-state index in [9.17, 15) is 4.79 Å². The average molecular weight is 299 g/mol. The summed E-state index contributed by atoms with van der Waals surface area (Å²) in [5.41, 5.74) is 5.99. The van der Waals surface area contributed by atoms with Crippen molar-refractivity contribution in [3.63, 3.8) is 0 Å². The fourth-order valence-corrected chi connectivity index (χ4v) is 2.90. The van der Waals surface area contributed by atoms with Crippen LogP contribution in [0.1, 0.15) is 40.0 Å². The first-order chi connectivity index (χ1) is 9.84. The zero-order valence-electron chi connectivity index (χ0n) is 14.2. The van der Waals surface area contributed by atoms with E-state index in [1.165, 1.54) is 7.11 Å². The van der Waals surface area contributed by atoms with Gasteiger partial charge in [-0.2, -0.15) is 0 Å². The summed E-state index contributed by atoms with van der Waals surface area (Å²) in [7, 11) is 1.46. The van der Waals surface area contributed by atoms with Crippen LogP contribution in [0.15, 0.2) is 0 Å². The van der Waals surface area contributed by atoms with Crippen LogP contribution < -0.4 is 11.1 Å². The van der Waals surface area contributed by atoms with Crippen molar-refractivity contribution in [2.75, 3.05) is 39.8 Å². The van der Waals surface area contributed by atoms with Crippen LogP contribution in [0.3, 0.4) is 0 Å². The monoisotopic (exact) mass is 299 g/mol. The van der Waals surface area contributed by atoms with Gasteiger partial charge in [0.15, 0.2) is 0 Å². The highest BCUT2D eigenvalue weighted by Gasteiger charge is 2.27. The van der Waals surface area contributed by atoms with E-state index in [2.05, 4.69) is 31.0 Å². The van der Waals surface area contributed by atoms with Gasteiger partial charge >= 0.3 is 5.97 Å². The fourth-order valence-electron chi connectivity index (χ4n) is 2.90. The topological polar surface area (TPSA) is 67.6 Å². The molecule has 0 aromatic carbocycles. The second kappa shape index (κ2) is 8.71. The second-order valence-corrected chi connectivity index (χ2v) is 7.40. The van der Waals surface area contributed by atoms with Crippen molar-refractivity contribution in [1.29, 1.82) is 0 Å². The number of nitrogens with one attached hydrogen (secondary N) is 1. The first kappa shape index (κ1) is 18.4. The lowest BCUT2D eigenvalue weighted by Crippen LogP contribution is -2.51. The van der Waals surface area contributed by atoms with E-state index in [1.54, 1.807) is 0 Å². The van der Waals surface area contributed by atoms with E-state index in [0.717, 1.165) is 39.0 Å². The van der Waals surface area contributed by atoms with Gasteiger partial charge in [0.25, 0.3) is 0 Å². The predicted octanol–water partition coefficient (Wildman–Crippen LogP) is 1.22. The average Bonchev–Trinajstić information content (AvgIpc) is 2.42. The maximum Gasteiger partial charge on any atom is 0.305 e. The summed E-state index contributed by atoms with van der Waals surface area (Å²) in [4.78, 5) is 13.8. The third-order valence-electron chi connectivity index (χ3n) is 3.96. The number of hydrogen-bond acceptors (Lipinski definition) is 5. The quantitative estimate of drug-likeness (QED) is 0.692. The Hall–Kier alpha value is -0.650. The molecule has 21 heavy (non-hydrogen) atoms. The molecule has 0 aromatic rings.